The second kappa shape index (κ2) is 5.46. The largest absolute Gasteiger partial charge is 0.493 e. The molecular formula is C11H15O4. The van der Waals surface area contributed by atoms with Crippen molar-refractivity contribution in [2.75, 3.05) is 21.3 Å². The van der Waals surface area contributed by atoms with E-state index in [9.17, 15) is 0 Å². The van der Waals surface area contributed by atoms with Crippen LogP contribution in [0.3, 0.4) is 0 Å². The van der Waals surface area contributed by atoms with E-state index in [1.54, 1.807) is 21.3 Å². The molecule has 0 bridgehead atoms. The minimum atomic E-state index is 0.400. The first kappa shape index (κ1) is 11.7. The van der Waals surface area contributed by atoms with Gasteiger partial charge in [0.2, 0.25) is 5.75 Å². The molecule has 4 heteroatoms. The molecule has 4 nitrogen and oxygen atoms in total. The van der Waals surface area contributed by atoms with Gasteiger partial charge in [-0.15, -0.1) is 0 Å². The van der Waals surface area contributed by atoms with Gasteiger partial charge in [0.15, 0.2) is 11.5 Å². The van der Waals surface area contributed by atoms with Crippen molar-refractivity contribution >= 4 is 0 Å². The lowest BCUT2D eigenvalue weighted by atomic mass is 10.2. The van der Waals surface area contributed by atoms with Gasteiger partial charge >= 0.3 is 0 Å². The molecule has 1 aromatic carbocycles. The van der Waals surface area contributed by atoms with Crippen molar-refractivity contribution in [3.63, 3.8) is 0 Å². The Balaban J connectivity index is 3.16. The molecule has 1 rings (SSSR count). The van der Waals surface area contributed by atoms with Crippen LogP contribution in [-0.2, 0) is 11.3 Å². The molecule has 1 radical (unpaired) electrons. The molecule has 0 unspecified atom stereocenters. The second-order valence-corrected chi connectivity index (χ2v) is 2.88. The molecule has 0 fully saturated rings. The van der Waals surface area contributed by atoms with Crippen molar-refractivity contribution in [3.8, 4) is 17.2 Å². The van der Waals surface area contributed by atoms with Gasteiger partial charge in [-0.3, -0.25) is 0 Å². The summed E-state index contributed by atoms with van der Waals surface area (Å²) in [5.41, 5.74) is 0.916. The Morgan fingerprint density at radius 3 is 1.87 bits per heavy atom. The Labute approximate surface area is 89.7 Å². The van der Waals surface area contributed by atoms with E-state index in [4.69, 9.17) is 18.9 Å². The highest BCUT2D eigenvalue weighted by Crippen LogP contribution is 2.38. The van der Waals surface area contributed by atoms with Crippen LogP contribution in [0.15, 0.2) is 12.1 Å². The molecule has 0 N–H and O–H groups in total. The molecule has 0 aliphatic heterocycles. The van der Waals surface area contributed by atoms with Gasteiger partial charge in [-0.2, -0.15) is 0 Å². The molecular weight excluding hydrogens is 196 g/mol. The molecule has 0 aliphatic rings. The van der Waals surface area contributed by atoms with Gasteiger partial charge in [-0.05, 0) is 17.7 Å². The first-order valence-corrected chi connectivity index (χ1v) is 4.42. The number of hydrogen-bond donors (Lipinski definition) is 0. The van der Waals surface area contributed by atoms with Crippen LogP contribution >= 0.6 is 0 Å². The smallest absolute Gasteiger partial charge is 0.203 e. The molecule has 0 aromatic heterocycles. The van der Waals surface area contributed by atoms with Crippen LogP contribution in [0.1, 0.15) is 5.56 Å². The molecule has 0 amide bonds. The zero-order valence-corrected chi connectivity index (χ0v) is 9.20. The van der Waals surface area contributed by atoms with Gasteiger partial charge in [0.1, 0.15) is 0 Å². The third-order valence-corrected chi connectivity index (χ3v) is 1.99. The van der Waals surface area contributed by atoms with Crippen LogP contribution in [0, 0.1) is 7.11 Å². The Kier molecular flexibility index (Phi) is 4.24. The van der Waals surface area contributed by atoms with E-state index in [1.807, 2.05) is 12.1 Å². The SMILES string of the molecule is [CH2]OCc1cc(OC)c(OC)c(OC)c1. The summed E-state index contributed by atoms with van der Waals surface area (Å²) in [6.45, 7) is 0.400. The third kappa shape index (κ3) is 2.53. The summed E-state index contributed by atoms with van der Waals surface area (Å²) in [5.74, 6) is 1.81. The van der Waals surface area contributed by atoms with Crippen LogP contribution in [0.4, 0.5) is 0 Å². The predicted molar refractivity (Wildman–Crippen MR) is 56.2 cm³/mol. The first-order valence-electron chi connectivity index (χ1n) is 4.42. The summed E-state index contributed by atoms with van der Waals surface area (Å²) in [6.07, 6.45) is 0. The summed E-state index contributed by atoms with van der Waals surface area (Å²) in [7, 11) is 8.04. The Morgan fingerprint density at radius 2 is 1.53 bits per heavy atom. The fourth-order valence-electron chi connectivity index (χ4n) is 1.34. The van der Waals surface area contributed by atoms with Crippen LogP contribution < -0.4 is 14.2 Å². The number of methoxy groups -OCH3 is 3. The van der Waals surface area contributed by atoms with Crippen molar-refractivity contribution in [1.29, 1.82) is 0 Å². The normalized spacial score (nSPS) is 9.87. The summed E-state index contributed by atoms with van der Waals surface area (Å²) in [4.78, 5) is 0. The van der Waals surface area contributed by atoms with Gasteiger partial charge in [0, 0.05) is 0 Å². The lowest BCUT2D eigenvalue weighted by Gasteiger charge is -2.13. The summed E-state index contributed by atoms with van der Waals surface area (Å²) in [6, 6.07) is 3.65. The van der Waals surface area contributed by atoms with E-state index in [0.717, 1.165) is 5.56 Å². The maximum Gasteiger partial charge on any atom is 0.203 e. The first-order chi connectivity index (χ1) is 7.26. The number of ether oxygens (including phenoxy) is 4. The van der Waals surface area contributed by atoms with E-state index in [1.165, 1.54) is 0 Å². The molecule has 15 heavy (non-hydrogen) atoms. The van der Waals surface area contributed by atoms with Crippen LogP contribution in [0.2, 0.25) is 0 Å². The zero-order chi connectivity index (χ0) is 11.3. The van der Waals surface area contributed by atoms with Crippen LogP contribution in [0.25, 0.3) is 0 Å². The van der Waals surface area contributed by atoms with E-state index in [0.29, 0.717) is 23.9 Å². The molecule has 0 atom stereocenters. The lowest BCUT2D eigenvalue weighted by Crippen LogP contribution is -1.97. The van der Waals surface area contributed by atoms with Crippen molar-refractivity contribution in [2.24, 2.45) is 0 Å². The van der Waals surface area contributed by atoms with Gasteiger partial charge < -0.3 is 18.9 Å². The lowest BCUT2D eigenvalue weighted by molar-refractivity contribution is 0.227. The zero-order valence-electron chi connectivity index (χ0n) is 9.20. The molecule has 83 valence electrons. The quantitative estimate of drug-likeness (QED) is 0.746. The summed E-state index contributed by atoms with van der Waals surface area (Å²) >= 11 is 0. The van der Waals surface area contributed by atoms with Gasteiger partial charge in [-0.1, -0.05) is 0 Å². The molecule has 0 saturated heterocycles. The van der Waals surface area contributed by atoms with E-state index in [-0.39, 0.29) is 0 Å². The summed E-state index contributed by atoms with van der Waals surface area (Å²) < 4.78 is 20.4. The average molecular weight is 211 g/mol. The monoisotopic (exact) mass is 211 g/mol. The van der Waals surface area contributed by atoms with Crippen LogP contribution in [0.5, 0.6) is 17.2 Å². The fraction of sp³-hybridized carbons (Fsp3) is 0.364. The number of benzene rings is 1. The molecule has 0 saturated carbocycles. The number of rotatable bonds is 5. The highest BCUT2D eigenvalue weighted by molar-refractivity contribution is 5.53. The minimum absolute atomic E-state index is 0.400. The van der Waals surface area contributed by atoms with Crippen molar-refractivity contribution in [3.05, 3.63) is 24.8 Å². The van der Waals surface area contributed by atoms with Crippen molar-refractivity contribution < 1.29 is 18.9 Å². The molecule has 0 aliphatic carbocycles. The Morgan fingerprint density at radius 1 is 1.00 bits per heavy atom. The van der Waals surface area contributed by atoms with Gasteiger partial charge in [0.25, 0.3) is 0 Å². The Hall–Kier alpha value is -1.42. The fourth-order valence-corrected chi connectivity index (χ4v) is 1.34. The van der Waals surface area contributed by atoms with Gasteiger partial charge in [-0.25, -0.2) is 0 Å². The maximum atomic E-state index is 5.18. The average Bonchev–Trinajstić information content (AvgIpc) is 2.28. The second-order valence-electron chi connectivity index (χ2n) is 2.88. The topological polar surface area (TPSA) is 36.9 Å². The van der Waals surface area contributed by atoms with E-state index < -0.39 is 0 Å². The van der Waals surface area contributed by atoms with Crippen molar-refractivity contribution in [1.82, 2.24) is 0 Å². The standard InChI is InChI=1S/C11H15O4/c1-12-7-8-5-9(13-2)11(15-4)10(6-8)14-3/h5-6H,1,7H2,2-4H3. The maximum absolute atomic E-state index is 5.18. The van der Waals surface area contributed by atoms with E-state index in [2.05, 4.69) is 7.11 Å². The van der Waals surface area contributed by atoms with Crippen LogP contribution in [-0.4, -0.2) is 21.3 Å². The predicted octanol–water partition coefficient (Wildman–Crippen LogP) is 2.02. The third-order valence-electron chi connectivity index (χ3n) is 1.99. The highest BCUT2D eigenvalue weighted by Gasteiger charge is 2.12. The molecule has 0 spiro atoms. The number of hydrogen-bond acceptors (Lipinski definition) is 4. The van der Waals surface area contributed by atoms with Crippen molar-refractivity contribution in [2.45, 2.75) is 6.61 Å². The van der Waals surface area contributed by atoms with Gasteiger partial charge in [0.05, 0.1) is 35.0 Å². The molecule has 1 aromatic rings. The minimum Gasteiger partial charge on any atom is -0.493 e. The summed E-state index contributed by atoms with van der Waals surface area (Å²) in [5, 5.41) is 0. The highest BCUT2D eigenvalue weighted by atomic mass is 16.5. The Bertz CT molecular complexity index is 297. The molecule has 0 heterocycles. The van der Waals surface area contributed by atoms with E-state index >= 15 is 0 Å².